The molecule has 0 aliphatic heterocycles. The first-order valence-electron chi connectivity index (χ1n) is 11.4. The standard InChI is InChI=1S/C26H26N6O3S/c1-33-23-9-19-18-8-21(32-26(28)20(18)13-31-22(19)10-24(23)34-2)15-7-17(12-29-11-15)35-14-16(27)3-4-25-30-5-6-36-25/h5-13,16H,3-4,14,27H2,1-2H3,(H2,28,32). The molecule has 36 heavy (non-hydrogen) atoms. The number of benzene rings is 1. The third-order valence-corrected chi connectivity index (χ3v) is 6.74. The van der Waals surface area contributed by atoms with Crippen LogP contribution in [0.4, 0.5) is 5.82 Å². The van der Waals surface area contributed by atoms with Gasteiger partial charge in [0.1, 0.15) is 18.2 Å². The minimum Gasteiger partial charge on any atom is -0.493 e. The highest BCUT2D eigenvalue weighted by atomic mass is 32.1. The predicted molar refractivity (Wildman–Crippen MR) is 142 cm³/mol. The Kier molecular flexibility index (Phi) is 6.79. The van der Waals surface area contributed by atoms with Crippen LogP contribution in [0, 0.1) is 0 Å². The molecule has 5 rings (SSSR count). The van der Waals surface area contributed by atoms with E-state index in [-0.39, 0.29) is 6.04 Å². The lowest BCUT2D eigenvalue weighted by molar-refractivity contribution is 0.281. The summed E-state index contributed by atoms with van der Waals surface area (Å²) in [5, 5.41) is 5.58. The number of nitrogens with two attached hydrogens (primary N) is 2. The molecule has 0 amide bonds. The summed E-state index contributed by atoms with van der Waals surface area (Å²) in [7, 11) is 3.20. The third kappa shape index (κ3) is 4.86. The number of hydrogen-bond acceptors (Lipinski definition) is 10. The van der Waals surface area contributed by atoms with Crippen molar-refractivity contribution in [3.63, 3.8) is 0 Å². The van der Waals surface area contributed by atoms with Gasteiger partial charge in [0, 0.05) is 58.8 Å². The van der Waals surface area contributed by atoms with Crippen LogP contribution in [0.1, 0.15) is 11.4 Å². The van der Waals surface area contributed by atoms with Crippen molar-refractivity contribution < 1.29 is 14.2 Å². The zero-order valence-corrected chi connectivity index (χ0v) is 20.8. The maximum absolute atomic E-state index is 6.34. The first kappa shape index (κ1) is 23.7. The first-order valence-corrected chi connectivity index (χ1v) is 12.3. The van der Waals surface area contributed by atoms with E-state index in [4.69, 9.17) is 25.7 Å². The largest absolute Gasteiger partial charge is 0.493 e. The lowest BCUT2D eigenvalue weighted by Crippen LogP contribution is -2.28. The topological polar surface area (TPSA) is 131 Å². The maximum Gasteiger partial charge on any atom is 0.162 e. The molecule has 1 unspecified atom stereocenters. The van der Waals surface area contributed by atoms with Gasteiger partial charge < -0.3 is 25.7 Å². The molecule has 184 valence electrons. The highest BCUT2D eigenvalue weighted by Crippen LogP contribution is 2.37. The molecule has 5 aromatic rings. The summed E-state index contributed by atoms with van der Waals surface area (Å²) in [5.41, 5.74) is 14.8. The Morgan fingerprint density at radius 1 is 0.944 bits per heavy atom. The van der Waals surface area contributed by atoms with E-state index in [2.05, 4.69) is 19.9 Å². The van der Waals surface area contributed by atoms with E-state index in [1.165, 1.54) is 0 Å². The number of fused-ring (bicyclic) bond motifs is 3. The second kappa shape index (κ2) is 10.3. The van der Waals surface area contributed by atoms with Crippen LogP contribution in [0.5, 0.6) is 17.2 Å². The van der Waals surface area contributed by atoms with Gasteiger partial charge in [0.15, 0.2) is 11.5 Å². The molecule has 4 heterocycles. The number of nitrogen functional groups attached to an aromatic ring is 1. The number of thiazole rings is 1. The molecule has 1 aromatic carbocycles. The molecule has 0 aliphatic rings. The van der Waals surface area contributed by atoms with E-state index < -0.39 is 0 Å². The van der Waals surface area contributed by atoms with Crippen molar-refractivity contribution in [3.05, 3.63) is 59.4 Å². The van der Waals surface area contributed by atoms with Crippen molar-refractivity contribution in [2.45, 2.75) is 18.9 Å². The Balaban J connectivity index is 1.42. The number of methoxy groups -OCH3 is 2. The van der Waals surface area contributed by atoms with E-state index >= 15 is 0 Å². The van der Waals surface area contributed by atoms with Gasteiger partial charge in [-0.2, -0.15) is 0 Å². The van der Waals surface area contributed by atoms with Gasteiger partial charge >= 0.3 is 0 Å². The molecule has 0 bridgehead atoms. The molecule has 1 atom stereocenters. The van der Waals surface area contributed by atoms with E-state index in [1.54, 1.807) is 50.3 Å². The summed E-state index contributed by atoms with van der Waals surface area (Å²) < 4.78 is 16.9. The normalized spacial score (nSPS) is 12.1. The summed E-state index contributed by atoms with van der Waals surface area (Å²) in [4.78, 5) is 17.8. The first-order chi connectivity index (χ1) is 17.6. The van der Waals surface area contributed by atoms with Gasteiger partial charge in [-0.05, 0) is 30.0 Å². The third-order valence-electron chi connectivity index (χ3n) is 5.90. The fourth-order valence-corrected chi connectivity index (χ4v) is 4.65. The number of nitrogens with zero attached hydrogens (tertiary/aromatic N) is 4. The predicted octanol–water partition coefficient (Wildman–Crippen LogP) is 4.24. The average Bonchev–Trinajstić information content (AvgIpc) is 3.43. The number of hydrogen-bond donors (Lipinski definition) is 2. The lowest BCUT2D eigenvalue weighted by atomic mass is 10.0. The fraction of sp³-hybridized carbons (Fsp3) is 0.231. The molecular formula is C26H26N6O3S. The van der Waals surface area contributed by atoms with E-state index in [0.29, 0.717) is 35.4 Å². The molecule has 9 nitrogen and oxygen atoms in total. The number of ether oxygens (including phenoxy) is 3. The van der Waals surface area contributed by atoms with Crippen molar-refractivity contribution in [1.82, 2.24) is 19.9 Å². The molecule has 4 aromatic heterocycles. The van der Waals surface area contributed by atoms with Crippen molar-refractivity contribution in [3.8, 4) is 28.5 Å². The summed E-state index contributed by atoms with van der Waals surface area (Å²) >= 11 is 1.63. The van der Waals surface area contributed by atoms with Gasteiger partial charge in [0.05, 0.1) is 36.6 Å². The number of aromatic nitrogens is 4. The number of anilines is 1. The summed E-state index contributed by atoms with van der Waals surface area (Å²) in [6.07, 6.45) is 8.55. The lowest BCUT2D eigenvalue weighted by Gasteiger charge is -2.14. The van der Waals surface area contributed by atoms with Crippen LogP contribution in [-0.2, 0) is 6.42 Å². The van der Waals surface area contributed by atoms with Crippen molar-refractivity contribution >= 4 is 38.8 Å². The van der Waals surface area contributed by atoms with Crippen molar-refractivity contribution in [1.29, 1.82) is 0 Å². The minimum absolute atomic E-state index is 0.113. The SMILES string of the molecule is COc1cc2ncc3c(N)nc(-c4cncc(OCC(N)CCc5nccs5)c4)cc3c2cc1OC. The van der Waals surface area contributed by atoms with Crippen molar-refractivity contribution in [2.75, 3.05) is 26.6 Å². The van der Waals surface area contributed by atoms with Crippen LogP contribution in [0.2, 0.25) is 0 Å². The van der Waals surface area contributed by atoms with Crippen LogP contribution in [0.25, 0.3) is 32.9 Å². The molecular weight excluding hydrogens is 476 g/mol. The molecule has 0 saturated carbocycles. The Morgan fingerprint density at radius 3 is 2.56 bits per heavy atom. The van der Waals surface area contributed by atoms with E-state index in [1.807, 2.05) is 29.6 Å². The molecule has 0 spiro atoms. The van der Waals surface area contributed by atoms with Crippen LogP contribution in [0.3, 0.4) is 0 Å². The fourth-order valence-electron chi connectivity index (χ4n) is 4.02. The quantitative estimate of drug-likeness (QED) is 0.284. The maximum atomic E-state index is 6.34. The zero-order chi connectivity index (χ0) is 25.1. The molecule has 0 radical (unpaired) electrons. The summed E-state index contributed by atoms with van der Waals surface area (Å²) in [6, 6.07) is 7.50. The van der Waals surface area contributed by atoms with Crippen LogP contribution >= 0.6 is 11.3 Å². The second-order valence-corrected chi connectivity index (χ2v) is 9.26. The minimum atomic E-state index is -0.113. The summed E-state index contributed by atoms with van der Waals surface area (Å²) in [5.74, 6) is 2.21. The second-order valence-electron chi connectivity index (χ2n) is 8.28. The number of pyridine rings is 3. The molecule has 0 saturated heterocycles. The molecule has 0 aliphatic carbocycles. The molecule has 4 N–H and O–H groups in total. The Hall–Kier alpha value is -4.02. The van der Waals surface area contributed by atoms with Gasteiger partial charge in [-0.1, -0.05) is 0 Å². The Morgan fingerprint density at radius 2 is 1.78 bits per heavy atom. The average molecular weight is 503 g/mol. The van der Waals surface area contributed by atoms with Crippen LogP contribution in [-0.4, -0.2) is 46.8 Å². The Bertz CT molecular complexity index is 1510. The van der Waals surface area contributed by atoms with Crippen LogP contribution in [0.15, 0.2) is 54.4 Å². The monoisotopic (exact) mass is 502 g/mol. The van der Waals surface area contributed by atoms with Gasteiger partial charge in [0.25, 0.3) is 0 Å². The van der Waals surface area contributed by atoms with Gasteiger partial charge in [0.2, 0.25) is 0 Å². The highest BCUT2D eigenvalue weighted by molar-refractivity contribution is 7.09. The molecule has 0 fully saturated rings. The van der Waals surface area contributed by atoms with Gasteiger partial charge in [-0.3, -0.25) is 9.97 Å². The van der Waals surface area contributed by atoms with E-state index in [0.717, 1.165) is 45.1 Å². The summed E-state index contributed by atoms with van der Waals surface area (Å²) in [6.45, 7) is 0.377. The molecule has 10 heteroatoms. The number of rotatable bonds is 9. The Labute approximate surface area is 212 Å². The van der Waals surface area contributed by atoms with Gasteiger partial charge in [-0.15, -0.1) is 11.3 Å². The van der Waals surface area contributed by atoms with Crippen LogP contribution < -0.4 is 25.7 Å². The van der Waals surface area contributed by atoms with Gasteiger partial charge in [-0.25, -0.2) is 9.97 Å². The zero-order valence-electron chi connectivity index (χ0n) is 20.0. The highest BCUT2D eigenvalue weighted by Gasteiger charge is 2.14. The smallest absolute Gasteiger partial charge is 0.162 e. The number of aryl methyl sites for hydroxylation is 1. The van der Waals surface area contributed by atoms with E-state index in [9.17, 15) is 0 Å². The van der Waals surface area contributed by atoms with Crippen molar-refractivity contribution in [2.24, 2.45) is 5.73 Å².